The molecular formula is C13H20N3OS+. The molecule has 18 heavy (non-hydrogen) atoms. The van der Waals surface area contributed by atoms with Gasteiger partial charge in [0.1, 0.15) is 10.7 Å². The highest BCUT2D eigenvalue weighted by atomic mass is 32.1. The van der Waals surface area contributed by atoms with E-state index in [1.54, 1.807) is 0 Å². The lowest BCUT2D eigenvalue weighted by Crippen LogP contribution is -3.08. The predicted molar refractivity (Wildman–Crippen MR) is 71.7 cm³/mol. The molecule has 0 spiro atoms. The molecule has 2 aliphatic rings. The zero-order valence-corrected chi connectivity index (χ0v) is 11.7. The number of hydrogen-bond donors (Lipinski definition) is 2. The van der Waals surface area contributed by atoms with Gasteiger partial charge in [0.15, 0.2) is 0 Å². The number of hydrogen-bond acceptors (Lipinski definition) is 3. The maximum atomic E-state index is 11.2. The largest absolute Gasteiger partial charge is 0.322 e. The van der Waals surface area contributed by atoms with Crippen LogP contribution in [0.5, 0.6) is 0 Å². The Bertz CT molecular complexity index is 520. The number of aromatic nitrogens is 2. The van der Waals surface area contributed by atoms with E-state index in [9.17, 15) is 4.79 Å². The molecule has 2 N–H and O–H groups in total. The summed E-state index contributed by atoms with van der Waals surface area (Å²) in [6.45, 7) is 11.0. The highest BCUT2D eigenvalue weighted by molar-refractivity contribution is 7.08. The fourth-order valence-corrected chi connectivity index (χ4v) is 3.98. The topological polar surface area (TPSA) is 50.2 Å². The van der Waals surface area contributed by atoms with E-state index >= 15 is 0 Å². The zero-order valence-electron chi connectivity index (χ0n) is 10.9. The second-order valence-corrected chi connectivity index (χ2v) is 6.88. The van der Waals surface area contributed by atoms with Gasteiger partial charge in [0, 0.05) is 11.8 Å². The molecule has 98 valence electrons. The third-order valence-corrected chi connectivity index (χ3v) is 5.38. The Balaban J connectivity index is 1.72. The quantitative estimate of drug-likeness (QED) is 0.842. The monoisotopic (exact) mass is 266 g/mol. The molecule has 3 rings (SSSR count). The maximum Gasteiger partial charge on any atom is 0.322 e. The average molecular weight is 266 g/mol. The molecule has 1 aliphatic heterocycles. The Morgan fingerprint density at radius 1 is 1.44 bits per heavy atom. The number of likely N-dealkylation sites (tertiary alicyclic amines) is 1. The lowest BCUT2D eigenvalue weighted by atomic mass is 9.99. The summed E-state index contributed by atoms with van der Waals surface area (Å²) in [5.74, 6) is 2.53. The van der Waals surface area contributed by atoms with Gasteiger partial charge in [-0.05, 0) is 18.9 Å². The molecule has 3 unspecified atom stereocenters. The standard InChI is InChI=1S/C13H19N3OS/c1-7-4-10(7)9(3)16-5-8(2)11(6-16)12-14-15-13(17)18-12/h7-8,10-11H,3-6H2,1-2H3,(H,15,17)/p+1/t7?,8-,10?,11+/m1/s1. The number of rotatable bonds is 3. The van der Waals surface area contributed by atoms with Crippen LogP contribution in [0.4, 0.5) is 0 Å². The number of aromatic amines is 1. The number of H-pyrrole nitrogens is 1. The lowest BCUT2D eigenvalue weighted by Gasteiger charge is -2.14. The van der Waals surface area contributed by atoms with Crippen LogP contribution in [-0.2, 0) is 0 Å². The minimum absolute atomic E-state index is 0.0414. The Morgan fingerprint density at radius 2 is 2.17 bits per heavy atom. The van der Waals surface area contributed by atoms with Crippen molar-refractivity contribution in [1.82, 2.24) is 10.2 Å². The molecule has 0 radical (unpaired) electrons. The van der Waals surface area contributed by atoms with Gasteiger partial charge >= 0.3 is 4.87 Å². The van der Waals surface area contributed by atoms with E-state index in [-0.39, 0.29) is 4.87 Å². The van der Waals surface area contributed by atoms with E-state index in [1.807, 2.05) is 0 Å². The predicted octanol–water partition coefficient (Wildman–Crippen LogP) is 0.619. The number of allylic oxidation sites excluding steroid dienone is 1. The van der Waals surface area contributed by atoms with E-state index in [2.05, 4.69) is 30.6 Å². The van der Waals surface area contributed by atoms with Crippen LogP contribution in [0, 0.1) is 17.8 Å². The summed E-state index contributed by atoms with van der Waals surface area (Å²) in [7, 11) is 0. The van der Waals surface area contributed by atoms with Gasteiger partial charge in [-0.2, -0.15) is 5.10 Å². The van der Waals surface area contributed by atoms with Gasteiger partial charge in [0.25, 0.3) is 0 Å². The summed E-state index contributed by atoms with van der Waals surface area (Å²) < 4.78 is 0. The third kappa shape index (κ3) is 2.06. The Morgan fingerprint density at radius 3 is 2.72 bits per heavy atom. The first-order valence-electron chi connectivity index (χ1n) is 6.65. The minimum Gasteiger partial charge on any atom is -0.305 e. The Labute approximate surface area is 111 Å². The third-order valence-electron chi connectivity index (χ3n) is 4.50. The van der Waals surface area contributed by atoms with E-state index in [4.69, 9.17) is 0 Å². The second kappa shape index (κ2) is 4.31. The van der Waals surface area contributed by atoms with E-state index < -0.39 is 0 Å². The fraction of sp³-hybridized carbons (Fsp3) is 0.692. The van der Waals surface area contributed by atoms with Crippen molar-refractivity contribution < 1.29 is 4.90 Å². The smallest absolute Gasteiger partial charge is 0.305 e. The average Bonchev–Trinajstić information content (AvgIpc) is 2.74. The molecular weight excluding hydrogens is 246 g/mol. The summed E-state index contributed by atoms with van der Waals surface area (Å²) in [6.07, 6.45) is 1.30. The van der Waals surface area contributed by atoms with Crippen molar-refractivity contribution >= 4 is 11.3 Å². The minimum atomic E-state index is -0.0414. The van der Waals surface area contributed by atoms with Crippen molar-refractivity contribution in [2.45, 2.75) is 26.2 Å². The summed E-state index contributed by atoms with van der Waals surface area (Å²) in [5, 5.41) is 7.66. The first-order valence-corrected chi connectivity index (χ1v) is 7.47. The second-order valence-electron chi connectivity index (χ2n) is 5.89. The van der Waals surface area contributed by atoms with Crippen LogP contribution in [0.15, 0.2) is 17.1 Å². The van der Waals surface area contributed by atoms with Gasteiger partial charge < -0.3 is 4.90 Å². The molecule has 0 bridgehead atoms. The van der Waals surface area contributed by atoms with Crippen LogP contribution < -0.4 is 9.77 Å². The SMILES string of the molecule is C=C(C1CC1C)[NH+]1C[C@@H](C)[C@@H](c2n[nH]c(=O)s2)C1. The molecule has 4 nitrogen and oxygen atoms in total. The summed E-state index contributed by atoms with van der Waals surface area (Å²) >= 11 is 1.26. The van der Waals surface area contributed by atoms with E-state index in [0.29, 0.717) is 11.8 Å². The molecule has 1 aromatic heterocycles. The van der Waals surface area contributed by atoms with Gasteiger partial charge in [-0.1, -0.05) is 25.2 Å². The number of nitrogens with one attached hydrogen (secondary N) is 2. The summed E-state index contributed by atoms with van der Waals surface area (Å²) in [4.78, 5) is 12.7. The van der Waals surface area contributed by atoms with Crippen molar-refractivity contribution in [2.24, 2.45) is 17.8 Å². The molecule has 5 heteroatoms. The highest BCUT2D eigenvalue weighted by Crippen LogP contribution is 2.41. The van der Waals surface area contributed by atoms with Crippen LogP contribution in [0.2, 0.25) is 0 Å². The molecule has 0 amide bonds. The first-order chi connectivity index (χ1) is 8.56. The first kappa shape index (κ1) is 12.1. The molecule has 1 aromatic rings. The Kier molecular flexibility index (Phi) is 2.90. The van der Waals surface area contributed by atoms with Gasteiger partial charge in [-0.3, -0.25) is 4.79 Å². The van der Waals surface area contributed by atoms with Crippen molar-refractivity contribution in [3.8, 4) is 0 Å². The molecule has 1 saturated heterocycles. The van der Waals surface area contributed by atoms with Crippen LogP contribution in [-0.4, -0.2) is 23.3 Å². The van der Waals surface area contributed by atoms with Gasteiger partial charge in [0.05, 0.1) is 19.0 Å². The van der Waals surface area contributed by atoms with Crippen molar-refractivity contribution in [3.05, 3.63) is 27.0 Å². The van der Waals surface area contributed by atoms with Gasteiger partial charge in [-0.15, -0.1) is 0 Å². The van der Waals surface area contributed by atoms with Crippen LogP contribution in [0.3, 0.4) is 0 Å². The summed E-state index contributed by atoms with van der Waals surface area (Å²) in [6, 6.07) is 0. The summed E-state index contributed by atoms with van der Waals surface area (Å²) in [5.41, 5.74) is 1.37. The normalized spacial score (nSPS) is 38.9. The molecule has 0 aromatic carbocycles. The van der Waals surface area contributed by atoms with Crippen molar-refractivity contribution in [3.63, 3.8) is 0 Å². The van der Waals surface area contributed by atoms with E-state index in [0.717, 1.165) is 29.9 Å². The maximum absolute atomic E-state index is 11.2. The molecule has 5 atom stereocenters. The van der Waals surface area contributed by atoms with Crippen LogP contribution in [0.25, 0.3) is 0 Å². The van der Waals surface area contributed by atoms with Gasteiger partial charge in [-0.25, -0.2) is 5.10 Å². The van der Waals surface area contributed by atoms with Crippen LogP contribution in [0.1, 0.15) is 31.2 Å². The van der Waals surface area contributed by atoms with Gasteiger partial charge in [0.2, 0.25) is 0 Å². The Hall–Kier alpha value is -0.940. The number of quaternary nitrogens is 1. The fourth-order valence-electron chi connectivity index (χ4n) is 3.14. The van der Waals surface area contributed by atoms with E-state index in [1.165, 1.54) is 28.4 Å². The molecule has 1 saturated carbocycles. The highest BCUT2D eigenvalue weighted by Gasteiger charge is 2.45. The molecule has 2 fully saturated rings. The lowest BCUT2D eigenvalue weighted by molar-refractivity contribution is -0.851. The van der Waals surface area contributed by atoms with Crippen LogP contribution >= 0.6 is 11.3 Å². The molecule has 1 aliphatic carbocycles. The zero-order chi connectivity index (χ0) is 12.9. The number of nitrogens with zero attached hydrogens (tertiary/aromatic N) is 1. The molecule has 2 heterocycles. The van der Waals surface area contributed by atoms with Crippen molar-refractivity contribution in [1.29, 1.82) is 0 Å². The van der Waals surface area contributed by atoms with Crippen molar-refractivity contribution in [2.75, 3.05) is 13.1 Å².